The fraction of sp³-hybridized carbons (Fsp3) is 0.538. The normalized spacial score (nSPS) is 20.8. The minimum Gasteiger partial charge on any atom is -0.391 e. The number of β-amino-alcohol motifs (C(OH)–C–C–N with tert-alkyl or cyclic N) is 1. The number of nitrogens with zero attached hydrogens (tertiary/aromatic N) is 2. The molecule has 1 aromatic carbocycles. The molecule has 2 rings (SSSR count). The number of hydrogen-bond acceptors (Lipinski definition) is 4. The Bertz CT molecular complexity index is 543. The third-order valence-corrected chi connectivity index (χ3v) is 5.22. The summed E-state index contributed by atoms with van der Waals surface area (Å²) >= 11 is 0. The first-order valence-corrected chi connectivity index (χ1v) is 7.81. The summed E-state index contributed by atoms with van der Waals surface area (Å²) in [4.78, 5) is 2.25. The van der Waals surface area contributed by atoms with Crippen LogP contribution in [0.2, 0.25) is 0 Å². The molecule has 5 nitrogen and oxygen atoms in total. The molecule has 106 valence electrons. The number of rotatable bonds is 3. The molecule has 0 spiro atoms. The second-order valence-corrected chi connectivity index (χ2v) is 7.12. The maximum atomic E-state index is 12.3. The SMILES string of the molecule is CN(C)S(=O)(=O)c1ccccc1N1CCCC(O)C1. The van der Waals surface area contributed by atoms with Crippen molar-refractivity contribution in [1.29, 1.82) is 0 Å². The van der Waals surface area contributed by atoms with Gasteiger partial charge in [-0.15, -0.1) is 0 Å². The smallest absolute Gasteiger partial charge is 0.244 e. The van der Waals surface area contributed by atoms with Gasteiger partial charge < -0.3 is 10.0 Å². The van der Waals surface area contributed by atoms with Crippen molar-refractivity contribution in [1.82, 2.24) is 4.31 Å². The number of hydrogen-bond donors (Lipinski definition) is 1. The summed E-state index contributed by atoms with van der Waals surface area (Å²) in [5, 5.41) is 9.74. The zero-order valence-electron chi connectivity index (χ0n) is 11.3. The third-order valence-electron chi connectivity index (χ3n) is 3.36. The number of piperidine rings is 1. The molecule has 1 unspecified atom stereocenters. The van der Waals surface area contributed by atoms with Gasteiger partial charge in [-0.2, -0.15) is 0 Å². The zero-order valence-corrected chi connectivity index (χ0v) is 12.1. The number of sulfonamides is 1. The first kappa shape index (κ1) is 14.3. The van der Waals surface area contributed by atoms with Gasteiger partial charge >= 0.3 is 0 Å². The van der Waals surface area contributed by atoms with Gasteiger partial charge in [0.2, 0.25) is 10.0 Å². The van der Waals surface area contributed by atoms with Crippen LogP contribution in [-0.2, 0) is 10.0 Å². The Morgan fingerprint density at radius 3 is 2.63 bits per heavy atom. The molecule has 0 bridgehead atoms. The van der Waals surface area contributed by atoms with E-state index in [1.165, 1.54) is 18.4 Å². The molecule has 0 aromatic heterocycles. The molecule has 1 atom stereocenters. The summed E-state index contributed by atoms with van der Waals surface area (Å²) in [6, 6.07) is 6.96. The van der Waals surface area contributed by atoms with Gasteiger partial charge in [-0.05, 0) is 25.0 Å². The molecule has 1 aliphatic rings. The number of aliphatic hydroxyl groups excluding tert-OH is 1. The summed E-state index contributed by atoms with van der Waals surface area (Å²) in [6.07, 6.45) is 1.26. The molecule has 0 aliphatic carbocycles. The third kappa shape index (κ3) is 2.91. The van der Waals surface area contributed by atoms with E-state index in [-0.39, 0.29) is 6.10 Å². The van der Waals surface area contributed by atoms with Crippen LogP contribution in [-0.4, -0.2) is 51.1 Å². The van der Waals surface area contributed by atoms with E-state index in [4.69, 9.17) is 0 Å². The Hall–Kier alpha value is -1.11. The summed E-state index contributed by atoms with van der Waals surface area (Å²) < 4.78 is 25.8. The molecule has 1 N–H and O–H groups in total. The molecule has 1 heterocycles. The molecular formula is C13H20N2O3S. The molecule has 1 fully saturated rings. The van der Waals surface area contributed by atoms with Crippen molar-refractivity contribution < 1.29 is 13.5 Å². The predicted octanol–water partition coefficient (Wildman–Crippen LogP) is 0.898. The van der Waals surface area contributed by atoms with Crippen molar-refractivity contribution in [3.63, 3.8) is 0 Å². The van der Waals surface area contributed by atoms with Gasteiger partial charge in [0.05, 0.1) is 11.8 Å². The lowest BCUT2D eigenvalue weighted by Crippen LogP contribution is -2.39. The van der Waals surface area contributed by atoms with E-state index >= 15 is 0 Å². The molecule has 1 aliphatic heterocycles. The lowest BCUT2D eigenvalue weighted by molar-refractivity contribution is 0.154. The van der Waals surface area contributed by atoms with E-state index in [9.17, 15) is 13.5 Å². The van der Waals surface area contributed by atoms with Crippen LogP contribution in [0, 0.1) is 0 Å². The highest BCUT2D eigenvalue weighted by Gasteiger charge is 2.26. The van der Waals surface area contributed by atoms with Crippen molar-refractivity contribution in [3.05, 3.63) is 24.3 Å². The largest absolute Gasteiger partial charge is 0.391 e. The van der Waals surface area contributed by atoms with Crippen molar-refractivity contribution in [3.8, 4) is 0 Å². The predicted molar refractivity (Wildman–Crippen MR) is 74.8 cm³/mol. The van der Waals surface area contributed by atoms with Gasteiger partial charge in [-0.3, -0.25) is 0 Å². The maximum Gasteiger partial charge on any atom is 0.244 e. The van der Waals surface area contributed by atoms with Crippen LogP contribution in [0.5, 0.6) is 0 Å². The van der Waals surface area contributed by atoms with Crippen LogP contribution in [0.3, 0.4) is 0 Å². The van der Waals surface area contributed by atoms with Crippen LogP contribution in [0.15, 0.2) is 29.2 Å². The van der Waals surface area contributed by atoms with Gasteiger partial charge in [0.25, 0.3) is 0 Å². The molecule has 1 aromatic rings. The Balaban J connectivity index is 2.42. The fourth-order valence-electron chi connectivity index (χ4n) is 2.31. The minimum atomic E-state index is -3.46. The molecular weight excluding hydrogens is 264 g/mol. The van der Waals surface area contributed by atoms with Gasteiger partial charge in [0, 0.05) is 27.2 Å². The topological polar surface area (TPSA) is 60.9 Å². The monoisotopic (exact) mass is 284 g/mol. The average Bonchev–Trinajstić information content (AvgIpc) is 2.38. The molecule has 19 heavy (non-hydrogen) atoms. The highest BCUT2D eigenvalue weighted by molar-refractivity contribution is 7.89. The highest BCUT2D eigenvalue weighted by Crippen LogP contribution is 2.29. The van der Waals surface area contributed by atoms with E-state index in [0.717, 1.165) is 19.4 Å². The summed E-state index contributed by atoms with van der Waals surface area (Å²) in [5.41, 5.74) is 0.676. The number of aliphatic hydroxyl groups is 1. The van der Waals surface area contributed by atoms with E-state index < -0.39 is 10.0 Å². The van der Waals surface area contributed by atoms with Crippen LogP contribution in [0.1, 0.15) is 12.8 Å². The van der Waals surface area contributed by atoms with E-state index in [1.54, 1.807) is 18.2 Å². The number of para-hydroxylation sites is 1. The first-order valence-electron chi connectivity index (χ1n) is 6.37. The quantitative estimate of drug-likeness (QED) is 0.896. The molecule has 0 amide bonds. The molecule has 1 saturated heterocycles. The van der Waals surface area contributed by atoms with E-state index in [2.05, 4.69) is 0 Å². The number of benzene rings is 1. The van der Waals surface area contributed by atoms with Gasteiger partial charge in [-0.1, -0.05) is 12.1 Å². The average molecular weight is 284 g/mol. The highest BCUT2D eigenvalue weighted by atomic mass is 32.2. The molecule has 6 heteroatoms. The Kier molecular flexibility index (Phi) is 4.13. The standard InChI is InChI=1S/C13H20N2O3S/c1-14(2)19(17,18)13-8-4-3-7-12(13)15-9-5-6-11(16)10-15/h3-4,7-8,11,16H,5-6,9-10H2,1-2H3. The lowest BCUT2D eigenvalue weighted by atomic mass is 10.1. The van der Waals surface area contributed by atoms with Gasteiger partial charge in [-0.25, -0.2) is 12.7 Å². The summed E-state index contributed by atoms with van der Waals surface area (Å²) in [6.45, 7) is 1.26. The van der Waals surface area contributed by atoms with Crippen LogP contribution in [0.4, 0.5) is 5.69 Å². The number of anilines is 1. The van der Waals surface area contributed by atoms with Crippen molar-refractivity contribution >= 4 is 15.7 Å². The zero-order chi connectivity index (χ0) is 14.0. The second kappa shape index (κ2) is 5.48. The van der Waals surface area contributed by atoms with E-state index in [0.29, 0.717) is 17.1 Å². The second-order valence-electron chi connectivity index (χ2n) is 5.00. The summed E-state index contributed by atoms with van der Waals surface area (Å²) in [5.74, 6) is 0. The van der Waals surface area contributed by atoms with Gasteiger partial charge in [0.1, 0.15) is 4.90 Å². The van der Waals surface area contributed by atoms with Crippen LogP contribution < -0.4 is 4.90 Å². The first-order chi connectivity index (χ1) is 8.93. The van der Waals surface area contributed by atoms with Crippen molar-refractivity contribution in [2.75, 3.05) is 32.1 Å². The molecule has 0 saturated carbocycles. The van der Waals surface area contributed by atoms with Crippen LogP contribution >= 0.6 is 0 Å². The summed E-state index contributed by atoms with van der Waals surface area (Å²) in [7, 11) is -0.414. The minimum absolute atomic E-state index is 0.300. The van der Waals surface area contributed by atoms with Crippen molar-refractivity contribution in [2.45, 2.75) is 23.8 Å². The molecule has 0 radical (unpaired) electrons. The van der Waals surface area contributed by atoms with Crippen LogP contribution in [0.25, 0.3) is 0 Å². The maximum absolute atomic E-state index is 12.3. The Morgan fingerprint density at radius 2 is 2.00 bits per heavy atom. The Labute approximate surface area is 114 Å². The Morgan fingerprint density at radius 1 is 1.32 bits per heavy atom. The lowest BCUT2D eigenvalue weighted by Gasteiger charge is -2.33. The van der Waals surface area contributed by atoms with Crippen molar-refractivity contribution in [2.24, 2.45) is 0 Å². The van der Waals surface area contributed by atoms with Gasteiger partial charge in [0.15, 0.2) is 0 Å². The van der Waals surface area contributed by atoms with E-state index in [1.807, 2.05) is 11.0 Å². The fourth-order valence-corrected chi connectivity index (χ4v) is 3.41.